The van der Waals surface area contributed by atoms with Gasteiger partial charge in [-0.3, -0.25) is 4.79 Å². The van der Waals surface area contributed by atoms with E-state index in [1.54, 1.807) is 24.3 Å². The van der Waals surface area contributed by atoms with Crippen LogP contribution in [0.1, 0.15) is 37.0 Å². The van der Waals surface area contributed by atoms with Crippen LogP contribution in [0, 0.1) is 0 Å². The van der Waals surface area contributed by atoms with Crippen molar-refractivity contribution in [2.75, 3.05) is 26.2 Å². The molecule has 0 radical (unpaired) electrons. The number of nitrogens with zero attached hydrogens (tertiary/aromatic N) is 1. The molecule has 0 bridgehead atoms. The summed E-state index contributed by atoms with van der Waals surface area (Å²) in [7, 11) is 0. The quantitative estimate of drug-likeness (QED) is 0.610. The molecule has 0 atom stereocenters. The van der Waals surface area contributed by atoms with Gasteiger partial charge in [0.25, 0.3) is 5.91 Å². The Morgan fingerprint density at radius 3 is 2.37 bits per heavy atom. The van der Waals surface area contributed by atoms with Gasteiger partial charge in [0.2, 0.25) is 0 Å². The molecular formula is C23H28Cl2N2O3. The summed E-state index contributed by atoms with van der Waals surface area (Å²) >= 11 is 12.0. The van der Waals surface area contributed by atoms with Crippen LogP contribution in [-0.4, -0.2) is 49.2 Å². The SMILES string of the molecule is CC(C)Oc1ccc(C(=O)NCCN2CCC(Oc3ccc(Cl)c(Cl)c3)CC2)cc1. The Balaban J connectivity index is 1.36. The third-order valence-corrected chi connectivity index (χ3v) is 5.67. The number of piperidine rings is 1. The average Bonchev–Trinajstić information content (AvgIpc) is 2.72. The Labute approximate surface area is 188 Å². The Morgan fingerprint density at radius 1 is 1.07 bits per heavy atom. The third-order valence-electron chi connectivity index (χ3n) is 4.93. The van der Waals surface area contributed by atoms with Crippen molar-refractivity contribution in [1.29, 1.82) is 0 Å². The van der Waals surface area contributed by atoms with Crippen molar-refractivity contribution in [2.24, 2.45) is 0 Å². The molecule has 5 nitrogen and oxygen atoms in total. The standard InChI is InChI=1S/C23H28Cl2N2O3/c1-16(2)29-18-5-3-17(4-6-18)23(28)26-11-14-27-12-9-19(10-13-27)30-20-7-8-21(24)22(25)15-20/h3-8,15-16,19H,9-14H2,1-2H3,(H,26,28). The maximum atomic E-state index is 12.3. The van der Waals surface area contributed by atoms with Crippen LogP contribution in [0.2, 0.25) is 10.0 Å². The number of benzene rings is 2. The maximum Gasteiger partial charge on any atom is 0.251 e. The molecule has 1 aliphatic heterocycles. The summed E-state index contributed by atoms with van der Waals surface area (Å²) in [5.74, 6) is 1.45. The molecule has 1 N–H and O–H groups in total. The summed E-state index contributed by atoms with van der Waals surface area (Å²) in [4.78, 5) is 14.7. The van der Waals surface area contributed by atoms with E-state index in [4.69, 9.17) is 32.7 Å². The van der Waals surface area contributed by atoms with Crippen molar-refractivity contribution >= 4 is 29.1 Å². The molecule has 1 aliphatic rings. The molecule has 2 aromatic carbocycles. The summed E-state index contributed by atoms with van der Waals surface area (Å²) in [6.07, 6.45) is 2.15. The van der Waals surface area contributed by atoms with Gasteiger partial charge in [-0.05, 0) is 63.1 Å². The van der Waals surface area contributed by atoms with Crippen LogP contribution in [0.4, 0.5) is 0 Å². The van der Waals surface area contributed by atoms with Crippen molar-refractivity contribution < 1.29 is 14.3 Å². The topological polar surface area (TPSA) is 50.8 Å². The third kappa shape index (κ3) is 6.79. The summed E-state index contributed by atoms with van der Waals surface area (Å²) in [5, 5.41) is 4.02. The number of likely N-dealkylation sites (tertiary alicyclic amines) is 1. The van der Waals surface area contributed by atoms with E-state index in [1.165, 1.54) is 0 Å². The minimum absolute atomic E-state index is 0.0658. The van der Waals surface area contributed by atoms with E-state index >= 15 is 0 Å². The minimum atomic E-state index is -0.0658. The van der Waals surface area contributed by atoms with Crippen LogP contribution in [0.25, 0.3) is 0 Å². The Morgan fingerprint density at radius 2 is 1.73 bits per heavy atom. The highest BCUT2D eigenvalue weighted by Gasteiger charge is 2.20. The first-order chi connectivity index (χ1) is 14.4. The van der Waals surface area contributed by atoms with Gasteiger partial charge < -0.3 is 19.7 Å². The van der Waals surface area contributed by atoms with Crippen molar-refractivity contribution in [2.45, 2.75) is 38.9 Å². The summed E-state index contributed by atoms with van der Waals surface area (Å²) in [6, 6.07) is 12.6. The fourth-order valence-electron chi connectivity index (χ4n) is 3.38. The second-order valence-electron chi connectivity index (χ2n) is 7.68. The Kier molecular flexibility index (Phi) is 8.25. The molecule has 162 valence electrons. The molecule has 1 amide bonds. The van der Waals surface area contributed by atoms with Gasteiger partial charge in [-0.25, -0.2) is 0 Å². The molecule has 0 unspecified atom stereocenters. The van der Waals surface area contributed by atoms with Crippen LogP contribution in [0.5, 0.6) is 11.5 Å². The molecule has 7 heteroatoms. The number of carbonyl (C=O) groups excluding carboxylic acids is 1. The molecule has 1 heterocycles. The van der Waals surface area contributed by atoms with Gasteiger partial charge in [0.1, 0.15) is 17.6 Å². The minimum Gasteiger partial charge on any atom is -0.491 e. The number of nitrogens with one attached hydrogen (secondary N) is 1. The molecule has 1 saturated heterocycles. The number of ether oxygens (including phenoxy) is 2. The van der Waals surface area contributed by atoms with Gasteiger partial charge in [0, 0.05) is 37.8 Å². The molecule has 0 spiro atoms. The van der Waals surface area contributed by atoms with Crippen LogP contribution in [0.3, 0.4) is 0 Å². The van der Waals surface area contributed by atoms with E-state index in [-0.39, 0.29) is 18.1 Å². The normalized spacial score (nSPS) is 15.2. The van der Waals surface area contributed by atoms with E-state index in [0.717, 1.165) is 44.0 Å². The summed E-state index contributed by atoms with van der Waals surface area (Å²) < 4.78 is 11.6. The average molecular weight is 451 g/mol. The van der Waals surface area contributed by atoms with E-state index in [9.17, 15) is 4.79 Å². The Hall–Kier alpha value is -1.95. The maximum absolute atomic E-state index is 12.3. The van der Waals surface area contributed by atoms with E-state index < -0.39 is 0 Å². The van der Waals surface area contributed by atoms with E-state index in [0.29, 0.717) is 22.2 Å². The predicted octanol–water partition coefficient (Wildman–Crippen LogP) is 5.05. The van der Waals surface area contributed by atoms with Crippen LogP contribution < -0.4 is 14.8 Å². The molecule has 3 rings (SSSR count). The first kappa shape index (κ1) is 22.7. The molecule has 0 aliphatic carbocycles. The van der Waals surface area contributed by atoms with Crippen molar-refractivity contribution in [3.8, 4) is 11.5 Å². The van der Waals surface area contributed by atoms with Crippen LogP contribution in [0.15, 0.2) is 42.5 Å². The fourth-order valence-corrected chi connectivity index (χ4v) is 3.67. The van der Waals surface area contributed by atoms with Gasteiger partial charge in [0.05, 0.1) is 16.1 Å². The largest absolute Gasteiger partial charge is 0.491 e. The molecule has 0 saturated carbocycles. The second kappa shape index (κ2) is 10.9. The first-order valence-corrected chi connectivity index (χ1v) is 11.1. The van der Waals surface area contributed by atoms with Gasteiger partial charge in [-0.1, -0.05) is 23.2 Å². The summed E-state index contributed by atoms with van der Waals surface area (Å²) in [5.41, 5.74) is 0.639. The lowest BCUT2D eigenvalue weighted by Gasteiger charge is -2.32. The molecule has 2 aromatic rings. The number of rotatable bonds is 8. The smallest absolute Gasteiger partial charge is 0.251 e. The number of carbonyl (C=O) groups is 1. The zero-order valence-corrected chi connectivity index (χ0v) is 18.9. The highest BCUT2D eigenvalue weighted by atomic mass is 35.5. The Bertz CT molecular complexity index is 835. The molecule has 30 heavy (non-hydrogen) atoms. The van der Waals surface area contributed by atoms with Crippen molar-refractivity contribution in [3.05, 3.63) is 58.1 Å². The number of halogens is 2. The molecule has 0 aromatic heterocycles. The van der Waals surface area contributed by atoms with Gasteiger partial charge in [-0.2, -0.15) is 0 Å². The second-order valence-corrected chi connectivity index (χ2v) is 8.50. The zero-order valence-electron chi connectivity index (χ0n) is 17.4. The van der Waals surface area contributed by atoms with E-state index in [1.807, 2.05) is 32.0 Å². The number of hydrogen-bond acceptors (Lipinski definition) is 4. The highest BCUT2D eigenvalue weighted by Crippen LogP contribution is 2.28. The lowest BCUT2D eigenvalue weighted by atomic mass is 10.1. The molecule has 1 fully saturated rings. The van der Waals surface area contributed by atoms with Crippen molar-refractivity contribution in [1.82, 2.24) is 10.2 Å². The van der Waals surface area contributed by atoms with Crippen LogP contribution in [-0.2, 0) is 0 Å². The number of amides is 1. The van der Waals surface area contributed by atoms with Crippen molar-refractivity contribution in [3.63, 3.8) is 0 Å². The zero-order chi connectivity index (χ0) is 21.5. The predicted molar refractivity (Wildman–Crippen MR) is 121 cm³/mol. The molecular weight excluding hydrogens is 423 g/mol. The monoisotopic (exact) mass is 450 g/mol. The lowest BCUT2D eigenvalue weighted by Crippen LogP contribution is -2.42. The first-order valence-electron chi connectivity index (χ1n) is 10.3. The van der Waals surface area contributed by atoms with Crippen LogP contribution >= 0.6 is 23.2 Å². The van der Waals surface area contributed by atoms with E-state index in [2.05, 4.69) is 10.2 Å². The van der Waals surface area contributed by atoms with Gasteiger partial charge in [0.15, 0.2) is 0 Å². The van der Waals surface area contributed by atoms with Gasteiger partial charge in [-0.15, -0.1) is 0 Å². The highest BCUT2D eigenvalue weighted by molar-refractivity contribution is 6.42. The van der Waals surface area contributed by atoms with Gasteiger partial charge >= 0.3 is 0 Å². The lowest BCUT2D eigenvalue weighted by molar-refractivity contribution is 0.0905. The number of hydrogen-bond donors (Lipinski definition) is 1. The summed E-state index contributed by atoms with van der Waals surface area (Å²) in [6.45, 7) is 7.25. The fraction of sp³-hybridized carbons (Fsp3) is 0.435.